The molecule has 0 atom stereocenters. The van der Waals surface area contributed by atoms with Crippen molar-refractivity contribution in [3.05, 3.63) is 0 Å². The summed E-state index contributed by atoms with van der Waals surface area (Å²) in [6, 6.07) is 0. The van der Waals surface area contributed by atoms with Crippen LogP contribution in [-0.4, -0.2) is 81.9 Å². The highest BCUT2D eigenvalue weighted by Crippen LogP contribution is 1.77. The van der Waals surface area contributed by atoms with E-state index in [-0.39, 0.29) is 19.6 Å². The maximum atomic E-state index is 11.1. The second-order valence-electron chi connectivity index (χ2n) is 4.30. The Hall–Kier alpha value is -1.59. The highest BCUT2D eigenvalue weighted by atomic mass is 16.6. The number of carbonyl (C=O) groups is 3. The summed E-state index contributed by atoms with van der Waals surface area (Å²) < 4.78 is 4.37. The van der Waals surface area contributed by atoms with Gasteiger partial charge in [-0.25, -0.2) is 0 Å². The highest BCUT2D eigenvalue weighted by Gasteiger charge is 2.07. The topological polar surface area (TPSA) is 155 Å². The van der Waals surface area contributed by atoms with Gasteiger partial charge in [0.1, 0.15) is 0 Å². The summed E-state index contributed by atoms with van der Waals surface area (Å²) in [6.07, 6.45) is 0. The lowest BCUT2D eigenvalue weighted by Crippen LogP contribution is -2.37. The van der Waals surface area contributed by atoms with Gasteiger partial charge in [-0.05, 0) is 0 Å². The fourth-order valence-electron chi connectivity index (χ4n) is 1.37. The average Bonchev–Trinajstić information content (AvgIpc) is 2.47. The van der Waals surface area contributed by atoms with E-state index in [9.17, 15) is 14.4 Å². The Morgan fingerprint density at radius 2 is 1.23 bits per heavy atom. The first-order chi connectivity index (χ1) is 10.6. The molecule has 0 bridgehead atoms. The molecule has 10 heteroatoms. The number of nitrogens with one attached hydrogen (secondary N) is 4. The van der Waals surface area contributed by atoms with Gasteiger partial charge in [-0.1, -0.05) is 0 Å². The molecule has 0 aliphatic carbocycles. The third-order valence-electron chi connectivity index (χ3n) is 2.38. The zero-order chi connectivity index (χ0) is 16.6. The van der Waals surface area contributed by atoms with E-state index in [2.05, 4.69) is 26.0 Å². The monoisotopic (exact) mass is 319 g/mol. The molecular formula is C12H25N5O5. The van der Waals surface area contributed by atoms with Gasteiger partial charge < -0.3 is 36.8 Å². The van der Waals surface area contributed by atoms with Crippen LogP contribution < -0.4 is 27.0 Å². The Morgan fingerprint density at radius 3 is 1.68 bits per heavy atom. The van der Waals surface area contributed by atoms with Crippen molar-refractivity contribution >= 4 is 17.9 Å². The predicted molar refractivity (Wildman–Crippen MR) is 79.3 cm³/mol. The zero-order valence-corrected chi connectivity index (χ0v) is 12.5. The van der Waals surface area contributed by atoms with E-state index in [4.69, 9.17) is 10.8 Å². The number of hydrogen-bond acceptors (Lipinski definition) is 9. The van der Waals surface area contributed by atoms with E-state index in [1.807, 2.05) is 0 Å². The predicted octanol–water partition coefficient (Wildman–Crippen LogP) is -3.54. The molecule has 128 valence electrons. The number of carbonyl (C=O) groups excluding carboxylic acids is 2. The Labute approximate surface area is 129 Å². The Kier molecular flexibility index (Phi) is 13.3. The summed E-state index contributed by atoms with van der Waals surface area (Å²) in [5.74, 6) is -2.26. The summed E-state index contributed by atoms with van der Waals surface area (Å²) >= 11 is 0. The number of hydrogen-bond donors (Lipinski definition) is 6. The molecule has 0 aromatic rings. The average molecular weight is 319 g/mol. The normalized spacial score (nSPS) is 10.4. The van der Waals surface area contributed by atoms with Crippen molar-refractivity contribution in [1.29, 1.82) is 0 Å². The molecule has 0 aromatic carbocycles. The van der Waals surface area contributed by atoms with Crippen molar-refractivity contribution in [2.45, 2.75) is 0 Å². The third-order valence-corrected chi connectivity index (χ3v) is 2.38. The highest BCUT2D eigenvalue weighted by molar-refractivity contribution is 5.87. The van der Waals surface area contributed by atoms with Crippen LogP contribution in [-0.2, 0) is 19.1 Å². The number of carboxylic acids is 1. The second-order valence-corrected chi connectivity index (χ2v) is 4.30. The van der Waals surface area contributed by atoms with Gasteiger partial charge in [-0.2, -0.15) is 0 Å². The van der Waals surface area contributed by atoms with E-state index < -0.39 is 17.9 Å². The molecule has 10 nitrogen and oxygen atoms in total. The minimum Gasteiger partial charge on any atom is -0.480 e. The van der Waals surface area contributed by atoms with Crippen LogP contribution in [0.3, 0.4) is 0 Å². The first kappa shape index (κ1) is 20.4. The van der Waals surface area contributed by atoms with Crippen LogP contribution in [0.5, 0.6) is 0 Å². The number of aliphatic carboxylic acids is 1. The minimum absolute atomic E-state index is 0.0368. The van der Waals surface area contributed by atoms with Gasteiger partial charge in [0.2, 0.25) is 0 Å². The molecule has 0 aromatic heterocycles. The molecule has 0 aliphatic rings. The van der Waals surface area contributed by atoms with Crippen LogP contribution in [0, 0.1) is 0 Å². The zero-order valence-electron chi connectivity index (χ0n) is 12.5. The molecule has 0 fully saturated rings. The molecule has 0 amide bonds. The molecule has 0 radical (unpaired) electrons. The minimum atomic E-state index is -0.870. The van der Waals surface area contributed by atoms with Gasteiger partial charge >= 0.3 is 17.9 Å². The van der Waals surface area contributed by atoms with E-state index >= 15 is 0 Å². The van der Waals surface area contributed by atoms with Crippen molar-refractivity contribution < 1.29 is 24.2 Å². The van der Waals surface area contributed by atoms with Crippen LogP contribution in [0.2, 0.25) is 0 Å². The Bertz CT molecular complexity index is 340. The molecule has 0 saturated heterocycles. The van der Waals surface area contributed by atoms with Gasteiger partial charge in [-0.15, -0.1) is 0 Å². The van der Waals surface area contributed by atoms with E-state index in [1.165, 1.54) is 0 Å². The first-order valence-corrected chi connectivity index (χ1v) is 7.04. The summed E-state index contributed by atoms with van der Waals surface area (Å²) in [5.41, 5.74) is 5.00. The quantitative estimate of drug-likeness (QED) is 0.108. The lowest BCUT2D eigenvalue weighted by molar-refractivity contribution is -0.157. The molecule has 0 rings (SSSR count). The number of carboxylic acid groups (broad SMARTS) is 1. The molecule has 0 aliphatic heterocycles. The van der Waals surface area contributed by atoms with Crippen LogP contribution in [0.15, 0.2) is 0 Å². The van der Waals surface area contributed by atoms with Crippen LogP contribution in [0.25, 0.3) is 0 Å². The van der Waals surface area contributed by atoms with Crippen LogP contribution >= 0.6 is 0 Å². The van der Waals surface area contributed by atoms with Crippen molar-refractivity contribution in [2.24, 2.45) is 5.73 Å². The molecule has 0 spiro atoms. The molecule has 0 heterocycles. The molecular weight excluding hydrogens is 294 g/mol. The maximum Gasteiger partial charge on any atom is 0.327 e. The number of nitrogens with two attached hydrogens (primary N) is 1. The fourth-order valence-corrected chi connectivity index (χ4v) is 1.37. The summed E-state index contributed by atoms with van der Waals surface area (Å²) in [4.78, 5) is 32.0. The summed E-state index contributed by atoms with van der Waals surface area (Å²) in [6.45, 7) is 3.62. The third kappa shape index (κ3) is 14.8. The van der Waals surface area contributed by atoms with Crippen molar-refractivity contribution in [1.82, 2.24) is 21.3 Å². The van der Waals surface area contributed by atoms with Crippen LogP contribution in [0.4, 0.5) is 0 Å². The number of rotatable bonds is 14. The largest absolute Gasteiger partial charge is 0.480 e. The summed E-state index contributed by atoms with van der Waals surface area (Å²) in [5, 5.41) is 20.3. The second kappa shape index (κ2) is 14.4. The van der Waals surface area contributed by atoms with Gasteiger partial charge in [-0.3, -0.25) is 14.4 Å². The molecule has 0 saturated carbocycles. The molecule has 0 unspecified atom stereocenters. The van der Waals surface area contributed by atoms with Crippen LogP contribution in [0.1, 0.15) is 0 Å². The summed E-state index contributed by atoms with van der Waals surface area (Å²) in [7, 11) is 0. The van der Waals surface area contributed by atoms with Gasteiger partial charge in [0.05, 0.1) is 19.6 Å². The van der Waals surface area contributed by atoms with Crippen molar-refractivity contribution in [3.63, 3.8) is 0 Å². The smallest absolute Gasteiger partial charge is 0.327 e. The lowest BCUT2D eigenvalue weighted by Gasteiger charge is -2.07. The van der Waals surface area contributed by atoms with Crippen molar-refractivity contribution in [3.8, 4) is 0 Å². The molecule has 7 N–H and O–H groups in total. The number of esters is 2. The van der Waals surface area contributed by atoms with E-state index in [1.54, 1.807) is 0 Å². The lowest BCUT2D eigenvalue weighted by atomic mass is 10.5. The van der Waals surface area contributed by atoms with Gasteiger partial charge in [0, 0.05) is 39.3 Å². The van der Waals surface area contributed by atoms with E-state index in [0.29, 0.717) is 26.2 Å². The van der Waals surface area contributed by atoms with Gasteiger partial charge in [0.15, 0.2) is 0 Å². The SMILES string of the molecule is NCC(=O)OC(=O)CNCCNCCNCCNCC(=O)O. The first-order valence-electron chi connectivity index (χ1n) is 7.04. The Morgan fingerprint density at radius 1 is 0.773 bits per heavy atom. The maximum absolute atomic E-state index is 11.1. The molecule has 22 heavy (non-hydrogen) atoms. The van der Waals surface area contributed by atoms with Gasteiger partial charge in [0.25, 0.3) is 0 Å². The van der Waals surface area contributed by atoms with E-state index in [0.717, 1.165) is 13.1 Å². The number of ether oxygens (including phenoxy) is 1. The Balaban J connectivity index is 3.19. The standard InChI is InChI=1S/C12H25N5O5/c13-7-11(20)22-12(21)9-17-6-4-15-2-1-14-3-5-16-8-10(18)19/h14-17H,1-9,13H2,(H,18,19). The van der Waals surface area contributed by atoms with Crippen molar-refractivity contribution in [2.75, 3.05) is 58.9 Å². The fraction of sp³-hybridized carbons (Fsp3) is 0.750.